The summed E-state index contributed by atoms with van der Waals surface area (Å²) in [5.41, 5.74) is 4.81. The van der Waals surface area contributed by atoms with E-state index >= 15 is 0 Å². The second-order valence-electron chi connectivity index (χ2n) is 7.39. The molecule has 0 fully saturated rings. The average Bonchev–Trinajstić information content (AvgIpc) is 3.07. The molecule has 0 aromatic heterocycles. The van der Waals surface area contributed by atoms with Crippen LogP contribution in [0.3, 0.4) is 0 Å². The maximum atomic E-state index is 12.9. The molecule has 6 nitrogen and oxygen atoms in total. The lowest BCUT2D eigenvalue weighted by atomic mass is 10.1. The molecule has 2 unspecified atom stereocenters. The number of hydrogen-bond donors (Lipinski definition) is 1. The molecule has 7 heteroatoms. The smallest absolute Gasteiger partial charge is 0.225 e. The molecule has 29 heavy (non-hydrogen) atoms. The van der Waals surface area contributed by atoms with E-state index in [9.17, 15) is 13.8 Å². The Balaban J connectivity index is 0.00000300. The molecule has 2 amide bonds. The van der Waals surface area contributed by atoms with E-state index in [1.165, 1.54) is 0 Å². The van der Waals surface area contributed by atoms with Gasteiger partial charge in [0.1, 0.15) is 0 Å². The number of fused-ring (bicyclic) bond motifs is 1. The quantitative estimate of drug-likeness (QED) is 0.811. The fourth-order valence-electron chi connectivity index (χ4n) is 3.47. The first kappa shape index (κ1) is 22.8. The summed E-state index contributed by atoms with van der Waals surface area (Å²) in [6, 6.07) is 11.5. The van der Waals surface area contributed by atoms with Crippen LogP contribution in [0.5, 0.6) is 0 Å². The van der Waals surface area contributed by atoms with Crippen LogP contribution in [0.4, 0.5) is 11.4 Å². The molecule has 1 aliphatic rings. The lowest BCUT2D eigenvalue weighted by Crippen LogP contribution is -2.25. The first-order chi connectivity index (χ1) is 13.3. The number of nitrogens with zero attached hydrogens (tertiary/aromatic N) is 1. The number of nitrogens with one attached hydrogen (secondary N) is 1. The third kappa shape index (κ3) is 5.10. The molecule has 2 aromatic carbocycles. The number of hydrogen-bond acceptors (Lipinski definition) is 3. The van der Waals surface area contributed by atoms with Gasteiger partial charge in [-0.3, -0.25) is 13.8 Å². The molecule has 156 valence electrons. The van der Waals surface area contributed by atoms with Gasteiger partial charge >= 0.3 is 0 Å². The third-order valence-corrected chi connectivity index (χ3v) is 6.68. The van der Waals surface area contributed by atoms with E-state index in [1.54, 1.807) is 17.9 Å². The van der Waals surface area contributed by atoms with E-state index in [-0.39, 0.29) is 29.0 Å². The van der Waals surface area contributed by atoms with Gasteiger partial charge in [0.15, 0.2) is 0 Å². The summed E-state index contributed by atoms with van der Waals surface area (Å²) in [5, 5.41) is 2.62. The minimum atomic E-state index is -1.30. The van der Waals surface area contributed by atoms with Crippen molar-refractivity contribution in [2.45, 2.75) is 50.7 Å². The minimum absolute atomic E-state index is 0. The fourth-order valence-corrected chi connectivity index (χ4v) is 4.70. The van der Waals surface area contributed by atoms with Crippen molar-refractivity contribution in [3.05, 3.63) is 53.1 Å². The van der Waals surface area contributed by atoms with Gasteiger partial charge < -0.3 is 15.7 Å². The molecule has 1 heterocycles. The lowest BCUT2D eigenvalue weighted by molar-refractivity contribution is -0.117. The fraction of sp³-hybridized carbons (Fsp3) is 0.364. The molecule has 3 rings (SSSR count). The predicted molar refractivity (Wildman–Crippen MR) is 117 cm³/mol. The number of rotatable bonds is 5. The van der Waals surface area contributed by atoms with Crippen molar-refractivity contribution < 1.29 is 19.3 Å². The molecule has 0 saturated carbocycles. The molecule has 1 aliphatic heterocycles. The maximum absolute atomic E-state index is 12.9. The van der Waals surface area contributed by atoms with Crippen molar-refractivity contribution in [1.29, 1.82) is 0 Å². The normalized spacial score (nSPS) is 14.6. The molecular formula is C22H28N2O4S. The second-order valence-corrected chi connectivity index (χ2v) is 9.26. The highest BCUT2D eigenvalue weighted by Gasteiger charge is 2.24. The Kier molecular flexibility index (Phi) is 7.32. The van der Waals surface area contributed by atoms with Crippen molar-refractivity contribution in [3.8, 4) is 0 Å². The Morgan fingerprint density at radius 3 is 2.59 bits per heavy atom. The zero-order valence-corrected chi connectivity index (χ0v) is 18.1. The summed E-state index contributed by atoms with van der Waals surface area (Å²) < 4.78 is 12.9. The third-order valence-electron chi connectivity index (χ3n) is 5.06. The molecule has 0 radical (unpaired) electrons. The molecular weight excluding hydrogens is 388 g/mol. The van der Waals surface area contributed by atoms with Gasteiger partial charge in [-0.05, 0) is 68.1 Å². The number of carbonyl (C=O) groups excluding carboxylic acids is 2. The van der Waals surface area contributed by atoms with E-state index < -0.39 is 10.8 Å². The van der Waals surface area contributed by atoms with Gasteiger partial charge in [0.2, 0.25) is 11.8 Å². The highest BCUT2D eigenvalue weighted by molar-refractivity contribution is 7.85. The van der Waals surface area contributed by atoms with Gasteiger partial charge in [0, 0.05) is 41.4 Å². The summed E-state index contributed by atoms with van der Waals surface area (Å²) in [5.74, 6) is -0.123. The summed E-state index contributed by atoms with van der Waals surface area (Å²) in [6.45, 7) is 7.97. The Labute approximate surface area is 174 Å². The van der Waals surface area contributed by atoms with Gasteiger partial charge in [-0.1, -0.05) is 12.1 Å². The highest BCUT2D eigenvalue weighted by Crippen LogP contribution is 2.30. The monoisotopic (exact) mass is 416 g/mol. The zero-order valence-electron chi connectivity index (χ0n) is 17.2. The SMILES string of the molecule is CC(=O)N1CCc2cc(S(=O)C(C)CC(=O)Nc3cc(C)ccc3C)ccc21.O. The molecule has 2 atom stereocenters. The Morgan fingerprint density at radius 2 is 1.90 bits per heavy atom. The topological polar surface area (TPSA) is 98.0 Å². The average molecular weight is 417 g/mol. The minimum Gasteiger partial charge on any atom is -0.412 e. The number of anilines is 2. The largest absolute Gasteiger partial charge is 0.412 e. The van der Waals surface area contributed by atoms with Crippen molar-refractivity contribution in [2.24, 2.45) is 0 Å². The van der Waals surface area contributed by atoms with Crippen molar-refractivity contribution in [1.82, 2.24) is 0 Å². The van der Waals surface area contributed by atoms with Crippen molar-refractivity contribution in [3.63, 3.8) is 0 Å². The lowest BCUT2D eigenvalue weighted by Gasteiger charge is -2.16. The standard InChI is InChI=1S/C22H26N2O3S.H2O/c1-14-5-6-15(2)20(11-14)23-22(26)12-16(3)28(27)19-7-8-21-18(13-19)9-10-24(21)17(4)25;/h5-8,11,13,16H,9-10,12H2,1-4H3,(H,23,26);1H2. The van der Waals surface area contributed by atoms with Crippen LogP contribution in [-0.2, 0) is 26.8 Å². The molecule has 0 saturated heterocycles. The predicted octanol–water partition coefficient (Wildman–Crippen LogP) is 2.91. The zero-order chi connectivity index (χ0) is 20.4. The van der Waals surface area contributed by atoms with Crippen LogP contribution in [0.15, 0.2) is 41.3 Å². The summed E-state index contributed by atoms with van der Waals surface area (Å²) >= 11 is 0. The van der Waals surface area contributed by atoms with Gasteiger partial charge in [0.05, 0.1) is 10.8 Å². The van der Waals surface area contributed by atoms with Crippen LogP contribution in [0.1, 0.15) is 37.0 Å². The Morgan fingerprint density at radius 1 is 1.17 bits per heavy atom. The van der Waals surface area contributed by atoms with Gasteiger partial charge in [0.25, 0.3) is 0 Å². The first-order valence-corrected chi connectivity index (χ1v) is 10.7. The van der Waals surface area contributed by atoms with Crippen LogP contribution < -0.4 is 10.2 Å². The van der Waals surface area contributed by atoms with E-state index in [0.29, 0.717) is 11.4 Å². The molecule has 0 aliphatic carbocycles. The number of carbonyl (C=O) groups is 2. The van der Waals surface area contributed by atoms with E-state index in [0.717, 1.165) is 34.5 Å². The number of benzene rings is 2. The number of aryl methyl sites for hydroxylation is 2. The summed E-state index contributed by atoms with van der Waals surface area (Å²) in [6.07, 6.45) is 0.943. The molecule has 2 aromatic rings. The first-order valence-electron chi connectivity index (χ1n) is 9.45. The number of amides is 2. The van der Waals surface area contributed by atoms with Crippen LogP contribution in [0, 0.1) is 13.8 Å². The van der Waals surface area contributed by atoms with Crippen LogP contribution in [-0.4, -0.2) is 33.3 Å². The second kappa shape index (κ2) is 9.33. The summed E-state index contributed by atoms with van der Waals surface area (Å²) in [7, 11) is -1.30. The molecule has 0 bridgehead atoms. The van der Waals surface area contributed by atoms with Crippen LogP contribution in [0.2, 0.25) is 0 Å². The van der Waals surface area contributed by atoms with Gasteiger partial charge in [-0.15, -0.1) is 0 Å². The van der Waals surface area contributed by atoms with Crippen molar-refractivity contribution in [2.75, 3.05) is 16.8 Å². The maximum Gasteiger partial charge on any atom is 0.225 e. The Bertz CT molecular complexity index is 958. The molecule has 3 N–H and O–H groups in total. The van der Waals surface area contributed by atoms with Crippen molar-refractivity contribution >= 4 is 34.0 Å². The van der Waals surface area contributed by atoms with Crippen LogP contribution in [0.25, 0.3) is 0 Å². The molecule has 0 spiro atoms. The Hall–Kier alpha value is -2.51. The van der Waals surface area contributed by atoms with Gasteiger partial charge in [-0.25, -0.2) is 0 Å². The highest BCUT2D eigenvalue weighted by atomic mass is 32.2. The van der Waals surface area contributed by atoms with Gasteiger partial charge in [-0.2, -0.15) is 0 Å². The summed E-state index contributed by atoms with van der Waals surface area (Å²) in [4.78, 5) is 26.6. The van der Waals surface area contributed by atoms with E-state index in [2.05, 4.69) is 5.32 Å². The van der Waals surface area contributed by atoms with E-state index in [4.69, 9.17) is 0 Å². The van der Waals surface area contributed by atoms with Crippen LogP contribution >= 0.6 is 0 Å². The van der Waals surface area contributed by atoms with E-state index in [1.807, 2.05) is 51.1 Å².